The maximum Gasteiger partial charge on any atom is 0.253 e. The molecule has 3 aliphatic carbocycles. The van der Waals surface area contributed by atoms with Gasteiger partial charge in [-0.3, -0.25) is 14.5 Å². The molecular formula is C26H33N3O7. The third kappa shape index (κ3) is 3.51. The van der Waals surface area contributed by atoms with Crippen LogP contribution >= 0.6 is 0 Å². The van der Waals surface area contributed by atoms with Crippen LogP contribution in [0.2, 0.25) is 0 Å². The molecular weight excluding hydrogens is 466 g/mol. The Morgan fingerprint density at radius 3 is 2.36 bits per heavy atom. The summed E-state index contributed by atoms with van der Waals surface area (Å²) in [5.74, 6) is -8.97. The maximum atomic E-state index is 13.8. The van der Waals surface area contributed by atoms with Crippen LogP contribution in [-0.4, -0.2) is 82.1 Å². The molecule has 10 nitrogen and oxygen atoms in total. The molecule has 0 saturated heterocycles. The number of primary amides is 1. The Kier molecular flexibility index (Phi) is 6.19. The van der Waals surface area contributed by atoms with E-state index in [4.69, 9.17) is 5.73 Å². The number of hydrogen-bond acceptors (Lipinski definition) is 9. The average Bonchev–Trinajstić information content (AvgIpc) is 2.73. The largest absolute Gasteiger partial charge is 0.511 e. The first-order chi connectivity index (χ1) is 16.7. The number of nitrogens with zero attached hydrogens (tertiary/aromatic N) is 2. The summed E-state index contributed by atoms with van der Waals surface area (Å²) in [6.45, 7) is 3.71. The SMILES string of the molecule is C=CCc1cc(N(C)C)c2c(c1O)C(=O)C1=C(O)C3C(CC1C2)[C@H](N(C)C)C(O)=C(C(N)=O)C3(O)O. The van der Waals surface area contributed by atoms with E-state index >= 15 is 0 Å². The van der Waals surface area contributed by atoms with E-state index in [0.29, 0.717) is 24.0 Å². The summed E-state index contributed by atoms with van der Waals surface area (Å²) >= 11 is 0. The van der Waals surface area contributed by atoms with Crippen molar-refractivity contribution in [2.24, 2.45) is 23.5 Å². The van der Waals surface area contributed by atoms with Gasteiger partial charge < -0.3 is 36.2 Å². The number of phenols is 1. The number of Topliss-reactive ketones (excluding diaryl/α,β-unsaturated/α-hetero) is 1. The van der Waals surface area contributed by atoms with Crippen molar-refractivity contribution in [1.82, 2.24) is 4.90 Å². The van der Waals surface area contributed by atoms with E-state index in [-0.39, 0.29) is 23.3 Å². The standard InChI is InChI=1S/C26H33N3O7/c1-6-7-11-10-15(28(2)3)13-8-12-9-14-18(23(32)16(12)22(31)17(13)21(11)30)26(35,36)19(25(27)34)24(33)20(14)29(4)5/h6,10,12,14,18,20,30,32-33,35-36H,1,7-9H2,2-5H3,(H2,27,34)/t12?,14?,18?,20-/m0/s1. The highest BCUT2D eigenvalue weighted by Gasteiger charge is 2.60. The molecule has 0 fully saturated rings. The van der Waals surface area contributed by atoms with Crippen molar-refractivity contribution in [1.29, 1.82) is 0 Å². The molecule has 1 amide bonds. The van der Waals surface area contributed by atoms with Crippen LogP contribution in [0, 0.1) is 17.8 Å². The summed E-state index contributed by atoms with van der Waals surface area (Å²) in [5, 5.41) is 55.4. The van der Waals surface area contributed by atoms with Gasteiger partial charge in [-0.1, -0.05) is 6.08 Å². The molecule has 36 heavy (non-hydrogen) atoms. The Labute approximate surface area is 209 Å². The fourth-order valence-electron chi connectivity index (χ4n) is 6.37. The predicted molar refractivity (Wildman–Crippen MR) is 133 cm³/mol. The second-order valence-electron chi connectivity index (χ2n) is 10.3. The Hall–Kier alpha value is -3.34. The van der Waals surface area contributed by atoms with E-state index in [1.54, 1.807) is 25.1 Å². The molecule has 194 valence electrons. The molecule has 0 aromatic heterocycles. The number of phenolic OH excluding ortho intramolecular Hbond substituents is 1. The number of aliphatic hydroxyl groups is 4. The van der Waals surface area contributed by atoms with Gasteiger partial charge in [0, 0.05) is 30.9 Å². The summed E-state index contributed by atoms with van der Waals surface area (Å²) in [5.41, 5.74) is 6.48. The highest BCUT2D eigenvalue weighted by Crippen LogP contribution is 2.54. The molecule has 3 unspecified atom stereocenters. The van der Waals surface area contributed by atoms with E-state index in [1.165, 1.54) is 0 Å². The first kappa shape index (κ1) is 25.7. The first-order valence-corrected chi connectivity index (χ1v) is 11.7. The third-order valence-corrected chi connectivity index (χ3v) is 7.74. The molecule has 0 bridgehead atoms. The van der Waals surface area contributed by atoms with Crippen molar-refractivity contribution in [3.63, 3.8) is 0 Å². The number of hydrogen-bond donors (Lipinski definition) is 6. The average molecular weight is 500 g/mol. The quantitative estimate of drug-likeness (QED) is 0.255. The van der Waals surface area contributed by atoms with Crippen LogP contribution < -0.4 is 10.6 Å². The molecule has 0 radical (unpaired) electrons. The van der Waals surface area contributed by atoms with Crippen LogP contribution in [0.3, 0.4) is 0 Å². The highest BCUT2D eigenvalue weighted by atomic mass is 16.5. The van der Waals surface area contributed by atoms with Crippen LogP contribution in [0.4, 0.5) is 5.69 Å². The number of amides is 1. The minimum absolute atomic E-state index is 0.0327. The van der Waals surface area contributed by atoms with Gasteiger partial charge in [0.2, 0.25) is 5.79 Å². The van der Waals surface area contributed by atoms with Gasteiger partial charge in [0.25, 0.3) is 5.91 Å². The summed E-state index contributed by atoms with van der Waals surface area (Å²) in [4.78, 5) is 29.4. The lowest BCUT2D eigenvalue weighted by Crippen LogP contribution is -2.60. The first-order valence-electron chi connectivity index (χ1n) is 11.7. The fourth-order valence-corrected chi connectivity index (χ4v) is 6.37. The monoisotopic (exact) mass is 499 g/mol. The Morgan fingerprint density at radius 1 is 1.19 bits per heavy atom. The molecule has 0 heterocycles. The lowest BCUT2D eigenvalue weighted by atomic mass is 9.59. The predicted octanol–water partition coefficient (Wildman–Crippen LogP) is 0.912. The van der Waals surface area contributed by atoms with Crippen molar-refractivity contribution in [3.8, 4) is 5.75 Å². The zero-order chi connectivity index (χ0) is 26.9. The van der Waals surface area contributed by atoms with Gasteiger partial charge in [-0.05, 0) is 56.8 Å². The van der Waals surface area contributed by atoms with Crippen molar-refractivity contribution >= 4 is 17.4 Å². The molecule has 1 aromatic rings. The van der Waals surface area contributed by atoms with Crippen molar-refractivity contribution in [2.45, 2.75) is 31.1 Å². The molecule has 4 atom stereocenters. The van der Waals surface area contributed by atoms with E-state index in [0.717, 1.165) is 5.69 Å². The van der Waals surface area contributed by atoms with E-state index in [1.807, 2.05) is 25.1 Å². The maximum absolute atomic E-state index is 13.8. The second kappa shape index (κ2) is 8.65. The van der Waals surface area contributed by atoms with E-state index in [9.17, 15) is 35.1 Å². The van der Waals surface area contributed by atoms with Gasteiger partial charge in [-0.25, -0.2) is 0 Å². The molecule has 0 saturated carbocycles. The lowest BCUT2D eigenvalue weighted by molar-refractivity contribution is -0.200. The summed E-state index contributed by atoms with van der Waals surface area (Å²) < 4.78 is 0. The Morgan fingerprint density at radius 2 is 1.83 bits per heavy atom. The minimum Gasteiger partial charge on any atom is -0.511 e. The Balaban J connectivity index is 1.97. The van der Waals surface area contributed by atoms with Crippen LogP contribution in [-0.2, 0) is 17.6 Å². The van der Waals surface area contributed by atoms with E-state index in [2.05, 4.69) is 6.58 Å². The van der Waals surface area contributed by atoms with Crippen LogP contribution in [0.25, 0.3) is 0 Å². The second-order valence-corrected chi connectivity index (χ2v) is 10.3. The molecule has 4 rings (SSSR count). The van der Waals surface area contributed by atoms with E-state index < -0.39 is 58.4 Å². The van der Waals surface area contributed by atoms with Crippen molar-refractivity contribution in [2.75, 3.05) is 33.1 Å². The number of anilines is 1. The minimum atomic E-state index is -3.00. The van der Waals surface area contributed by atoms with Crippen LogP contribution in [0.15, 0.2) is 41.4 Å². The highest BCUT2D eigenvalue weighted by molar-refractivity contribution is 6.14. The molecule has 0 spiro atoms. The van der Waals surface area contributed by atoms with Gasteiger partial charge in [0.1, 0.15) is 22.8 Å². The number of carbonyl (C=O) groups excluding carboxylic acids is 2. The van der Waals surface area contributed by atoms with Gasteiger partial charge in [-0.15, -0.1) is 6.58 Å². The number of aliphatic hydroxyl groups excluding tert-OH is 2. The van der Waals surface area contributed by atoms with Crippen LogP contribution in [0.5, 0.6) is 5.75 Å². The van der Waals surface area contributed by atoms with Gasteiger partial charge in [0.15, 0.2) is 5.78 Å². The normalized spacial score (nSPS) is 26.9. The van der Waals surface area contributed by atoms with Gasteiger partial charge in [0.05, 0.1) is 17.5 Å². The number of benzene rings is 1. The number of aromatic hydroxyl groups is 1. The molecule has 3 aliphatic rings. The number of nitrogens with two attached hydrogens (primary N) is 1. The topological polar surface area (TPSA) is 168 Å². The summed E-state index contributed by atoms with van der Waals surface area (Å²) in [6, 6.07) is 0.953. The Bertz CT molecular complexity index is 1230. The smallest absolute Gasteiger partial charge is 0.253 e. The number of allylic oxidation sites excluding steroid dienone is 2. The van der Waals surface area contributed by atoms with Crippen molar-refractivity contribution in [3.05, 3.63) is 58.1 Å². The fraction of sp³-hybridized carbons (Fsp3) is 0.462. The van der Waals surface area contributed by atoms with Gasteiger partial charge in [-0.2, -0.15) is 0 Å². The third-order valence-electron chi connectivity index (χ3n) is 7.74. The number of ketones is 1. The lowest BCUT2D eigenvalue weighted by Gasteiger charge is -2.51. The van der Waals surface area contributed by atoms with Crippen LogP contribution in [0.1, 0.15) is 27.9 Å². The summed E-state index contributed by atoms with van der Waals surface area (Å²) in [6.07, 6.45) is 2.44. The number of rotatable bonds is 5. The zero-order valence-corrected chi connectivity index (χ0v) is 20.8. The number of fused-ring (bicyclic) bond motifs is 3. The van der Waals surface area contributed by atoms with Crippen molar-refractivity contribution < 1.29 is 35.1 Å². The molecule has 1 aromatic carbocycles. The molecule has 10 heteroatoms. The van der Waals surface area contributed by atoms with Gasteiger partial charge >= 0.3 is 0 Å². The zero-order valence-electron chi connectivity index (χ0n) is 20.8. The molecule has 0 aliphatic heterocycles. The number of likely N-dealkylation sites (N-methyl/N-ethyl adjacent to an activating group) is 1. The number of carbonyl (C=O) groups is 2. The summed E-state index contributed by atoms with van der Waals surface area (Å²) in [7, 11) is 6.97. The molecule has 7 N–H and O–H groups in total.